The van der Waals surface area contributed by atoms with Crippen molar-refractivity contribution in [3.63, 3.8) is 0 Å². The van der Waals surface area contributed by atoms with Gasteiger partial charge in [0, 0.05) is 39.1 Å². The lowest BCUT2D eigenvalue weighted by molar-refractivity contribution is -0.0431. The molecule has 31 heavy (non-hydrogen) atoms. The summed E-state index contributed by atoms with van der Waals surface area (Å²) >= 11 is 0. The van der Waals surface area contributed by atoms with Gasteiger partial charge in [0.25, 0.3) is 0 Å². The third-order valence-corrected chi connectivity index (χ3v) is 5.55. The molecule has 6 heteroatoms. The van der Waals surface area contributed by atoms with Gasteiger partial charge in [0.1, 0.15) is 5.49 Å². The van der Waals surface area contributed by atoms with Crippen LogP contribution >= 0.6 is 0 Å². The first-order chi connectivity index (χ1) is 14.6. The monoisotopic (exact) mass is 419 g/mol. The van der Waals surface area contributed by atoms with E-state index in [1.807, 2.05) is 58.9 Å². The van der Waals surface area contributed by atoms with E-state index in [-0.39, 0.29) is 5.69 Å². The Kier molecular flexibility index (Phi) is 5.04. The summed E-state index contributed by atoms with van der Waals surface area (Å²) in [6, 6.07) is 12.0. The van der Waals surface area contributed by atoms with Crippen LogP contribution in [0.15, 0.2) is 46.2 Å². The van der Waals surface area contributed by atoms with Crippen molar-refractivity contribution < 1.29 is 9.47 Å². The van der Waals surface area contributed by atoms with Crippen molar-refractivity contribution in [2.24, 2.45) is 12.0 Å². The van der Waals surface area contributed by atoms with Crippen LogP contribution in [0.25, 0.3) is 11.3 Å². The zero-order valence-electron chi connectivity index (χ0n) is 19.2. The van der Waals surface area contributed by atoms with E-state index in [4.69, 9.17) is 14.5 Å². The molecule has 0 N–H and O–H groups in total. The van der Waals surface area contributed by atoms with Gasteiger partial charge in [-0.25, -0.2) is 9.79 Å². The van der Waals surface area contributed by atoms with E-state index in [0.29, 0.717) is 23.5 Å². The predicted molar refractivity (Wildman–Crippen MR) is 122 cm³/mol. The molecule has 0 bridgehead atoms. The summed E-state index contributed by atoms with van der Waals surface area (Å²) in [5, 5.41) is 0. The van der Waals surface area contributed by atoms with Gasteiger partial charge in [-0.2, -0.15) is 0 Å². The van der Waals surface area contributed by atoms with Crippen molar-refractivity contribution in [3.8, 4) is 22.8 Å². The van der Waals surface area contributed by atoms with Crippen molar-refractivity contribution in [1.29, 1.82) is 0 Å². The van der Waals surface area contributed by atoms with E-state index in [1.54, 1.807) is 16.2 Å². The van der Waals surface area contributed by atoms with Gasteiger partial charge >= 0.3 is 5.69 Å². The zero-order valence-corrected chi connectivity index (χ0v) is 19.2. The summed E-state index contributed by atoms with van der Waals surface area (Å²) in [4.78, 5) is 18.1. The van der Waals surface area contributed by atoms with E-state index < -0.39 is 5.79 Å². The molecule has 0 spiro atoms. The fourth-order valence-corrected chi connectivity index (χ4v) is 4.18. The van der Waals surface area contributed by atoms with Crippen molar-refractivity contribution in [1.82, 2.24) is 9.13 Å². The van der Waals surface area contributed by atoms with E-state index in [0.717, 1.165) is 28.1 Å². The second-order valence-corrected chi connectivity index (χ2v) is 8.60. The summed E-state index contributed by atoms with van der Waals surface area (Å²) in [6.45, 7) is 12.4. The fourth-order valence-electron chi connectivity index (χ4n) is 4.18. The standard InChI is InChI=1S/C25H29N3O3/c1-8-28-19(18-9-10-20-21(13-18)31-25(5,6)30-20)14-22(27(7)24(28)29)26-23-16(3)11-15(2)12-17(23)4/h9-14H,8H2,1-7H3. The Hall–Kier alpha value is -3.28. The molecule has 0 amide bonds. The van der Waals surface area contributed by atoms with E-state index in [1.165, 1.54) is 5.56 Å². The molecule has 0 fully saturated rings. The highest BCUT2D eigenvalue weighted by Gasteiger charge is 2.31. The van der Waals surface area contributed by atoms with Gasteiger partial charge < -0.3 is 9.47 Å². The van der Waals surface area contributed by atoms with Crippen LogP contribution in [-0.2, 0) is 13.6 Å². The van der Waals surface area contributed by atoms with Crippen LogP contribution in [0.1, 0.15) is 37.5 Å². The number of hydrogen-bond donors (Lipinski definition) is 0. The molecule has 0 unspecified atom stereocenters. The third-order valence-electron chi connectivity index (χ3n) is 5.55. The Labute approximate surface area is 182 Å². The van der Waals surface area contributed by atoms with E-state index in [2.05, 4.69) is 19.1 Å². The van der Waals surface area contributed by atoms with E-state index in [9.17, 15) is 4.79 Å². The molecule has 2 heterocycles. The normalized spacial score (nSPS) is 14.9. The quantitative estimate of drug-likeness (QED) is 0.626. The van der Waals surface area contributed by atoms with Gasteiger partial charge in [-0.05, 0) is 57.0 Å². The Morgan fingerprint density at radius 1 is 0.968 bits per heavy atom. The van der Waals surface area contributed by atoms with Crippen LogP contribution in [0.2, 0.25) is 0 Å². The Morgan fingerprint density at radius 2 is 1.61 bits per heavy atom. The fraction of sp³-hybridized carbons (Fsp3) is 0.360. The lowest BCUT2D eigenvalue weighted by atomic mass is 10.1. The van der Waals surface area contributed by atoms with Gasteiger partial charge in [0.15, 0.2) is 11.5 Å². The number of hydrogen-bond acceptors (Lipinski definition) is 4. The molecule has 3 aromatic rings. The number of benzene rings is 2. The Morgan fingerprint density at radius 3 is 2.26 bits per heavy atom. The number of ether oxygens (including phenoxy) is 2. The van der Waals surface area contributed by atoms with Crippen LogP contribution in [0, 0.1) is 20.8 Å². The lowest BCUT2D eigenvalue weighted by Gasteiger charge is -2.16. The summed E-state index contributed by atoms with van der Waals surface area (Å²) in [5.41, 5.74) is 6.44. The first-order valence-electron chi connectivity index (χ1n) is 10.6. The minimum atomic E-state index is -0.699. The van der Waals surface area contributed by atoms with Crippen molar-refractivity contribution in [2.75, 3.05) is 0 Å². The molecule has 6 nitrogen and oxygen atoms in total. The average molecular weight is 420 g/mol. The second-order valence-electron chi connectivity index (χ2n) is 8.60. The van der Waals surface area contributed by atoms with Gasteiger partial charge in [-0.3, -0.25) is 9.13 Å². The predicted octanol–water partition coefficient (Wildman–Crippen LogP) is 4.54. The molecular formula is C25H29N3O3. The van der Waals surface area contributed by atoms with Gasteiger partial charge in [-0.1, -0.05) is 17.7 Å². The topological polar surface area (TPSA) is 57.8 Å². The van der Waals surface area contributed by atoms with E-state index >= 15 is 0 Å². The van der Waals surface area contributed by atoms with Crippen molar-refractivity contribution in [3.05, 3.63) is 69.1 Å². The van der Waals surface area contributed by atoms with Crippen molar-refractivity contribution in [2.45, 2.75) is 53.9 Å². The van der Waals surface area contributed by atoms with Crippen LogP contribution in [0.3, 0.4) is 0 Å². The minimum Gasteiger partial charge on any atom is -0.449 e. The summed E-state index contributed by atoms with van der Waals surface area (Å²) in [6.07, 6.45) is 0. The molecule has 4 rings (SSSR count). The maximum Gasteiger partial charge on any atom is 0.329 e. The summed E-state index contributed by atoms with van der Waals surface area (Å²) in [7, 11) is 1.76. The summed E-state index contributed by atoms with van der Waals surface area (Å²) < 4.78 is 15.1. The molecule has 1 aliphatic rings. The molecule has 0 atom stereocenters. The third kappa shape index (κ3) is 3.78. The maximum atomic E-state index is 13.2. The maximum absolute atomic E-state index is 13.2. The molecule has 0 saturated carbocycles. The molecule has 1 aromatic heterocycles. The Bertz CT molecular complexity index is 1290. The molecule has 0 saturated heterocycles. The number of aryl methyl sites for hydroxylation is 3. The number of fused-ring (bicyclic) bond motifs is 1. The zero-order chi connectivity index (χ0) is 22.5. The molecule has 0 aliphatic carbocycles. The van der Waals surface area contributed by atoms with Crippen LogP contribution < -0.4 is 20.7 Å². The summed E-state index contributed by atoms with van der Waals surface area (Å²) in [5.74, 6) is 0.682. The van der Waals surface area contributed by atoms with Crippen molar-refractivity contribution >= 4 is 5.69 Å². The number of aromatic nitrogens is 2. The van der Waals surface area contributed by atoms with Crippen LogP contribution in [-0.4, -0.2) is 14.9 Å². The van der Waals surface area contributed by atoms with Crippen LogP contribution in [0.5, 0.6) is 11.5 Å². The van der Waals surface area contributed by atoms with Gasteiger partial charge in [-0.15, -0.1) is 0 Å². The smallest absolute Gasteiger partial charge is 0.329 e. The largest absolute Gasteiger partial charge is 0.449 e. The number of rotatable bonds is 3. The van der Waals surface area contributed by atoms with Gasteiger partial charge in [0.05, 0.1) is 11.4 Å². The molecule has 0 radical (unpaired) electrons. The number of nitrogens with zero attached hydrogens (tertiary/aromatic N) is 3. The van der Waals surface area contributed by atoms with Crippen LogP contribution in [0.4, 0.5) is 5.69 Å². The molecule has 162 valence electrons. The first kappa shape index (κ1) is 21.0. The second kappa shape index (κ2) is 7.45. The SMILES string of the molecule is CCn1c(-c2ccc3c(c2)OC(C)(C)O3)cc(=Nc2c(C)cc(C)cc2C)n(C)c1=O. The average Bonchev–Trinajstić information content (AvgIpc) is 3.00. The first-order valence-corrected chi connectivity index (χ1v) is 10.6. The molecule has 2 aromatic carbocycles. The molecule has 1 aliphatic heterocycles. The molecular weight excluding hydrogens is 390 g/mol. The highest BCUT2D eigenvalue weighted by molar-refractivity contribution is 5.65. The minimum absolute atomic E-state index is 0.112. The highest BCUT2D eigenvalue weighted by atomic mass is 16.7. The highest BCUT2D eigenvalue weighted by Crippen LogP contribution is 2.41. The lowest BCUT2D eigenvalue weighted by Crippen LogP contribution is -2.38. The Balaban J connectivity index is 1.94. The van der Waals surface area contributed by atoms with Gasteiger partial charge in [0.2, 0.25) is 5.79 Å².